The van der Waals surface area contributed by atoms with Gasteiger partial charge in [-0.15, -0.1) is 0 Å². The van der Waals surface area contributed by atoms with Crippen LogP contribution in [0.3, 0.4) is 0 Å². The molecule has 1 amide bonds. The highest BCUT2D eigenvalue weighted by atomic mass is 16.5. The molecule has 114 valence electrons. The molecule has 1 unspecified atom stereocenters. The van der Waals surface area contributed by atoms with E-state index in [1.165, 1.54) is 0 Å². The topological polar surface area (TPSA) is 59.6 Å². The number of rotatable bonds is 8. The van der Waals surface area contributed by atoms with Crippen molar-refractivity contribution in [2.45, 2.75) is 18.9 Å². The molecule has 1 aromatic rings. The number of ether oxygens (including phenoxy) is 2. The van der Waals surface area contributed by atoms with E-state index in [0.29, 0.717) is 13.2 Å². The quantitative estimate of drug-likeness (QED) is 0.719. The molecule has 0 radical (unpaired) electrons. The van der Waals surface area contributed by atoms with Crippen molar-refractivity contribution in [1.82, 2.24) is 5.32 Å². The minimum Gasteiger partial charge on any atom is -0.490 e. The fourth-order valence-corrected chi connectivity index (χ4v) is 2.10. The third-order valence-electron chi connectivity index (χ3n) is 3.23. The first kappa shape index (κ1) is 15.4. The number of hydrogen-bond acceptors (Lipinski definition) is 4. The molecule has 1 aliphatic heterocycles. The lowest BCUT2D eigenvalue weighted by Gasteiger charge is -2.12. The Kier molecular flexibility index (Phi) is 6.09. The van der Waals surface area contributed by atoms with Crippen LogP contribution in [-0.4, -0.2) is 38.3 Å². The molecule has 21 heavy (non-hydrogen) atoms. The number of carbonyl (C=O) groups excluding carboxylic acids is 1. The molecule has 1 heterocycles. The van der Waals surface area contributed by atoms with Gasteiger partial charge in [-0.25, -0.2) is 0 Å². The second-order valence-corrected chi connectivity index (χ2v) is 4.92. The standard InChI is InChI=1S/C16H22N2O3/c1-2-9-20-14-7-5-13(6-8-14)17-12-16(19)18-11-15-4-3-10-21-15/h2,5-8,15,17H,1,3-4,9-12H2,(H,18,19). The monoisotopic (exact) mass is 290 g/mol. The molecule has 1 saturated heterocycles. The Morgan fingerprint density at radius 3 is 2.90 bits per heavy atom. The number of amides is 1. The van der Waals surface area contributed by atoms with Crippen LogP contribution in [-0.2, 0) is 9.53 Å². The molecule has 0 bridgehead atoms. The summed E-state index contributed by atoms with van der Waals surface area (Å²) in [5, 5.41) is 5.95. The Bertz CT molecular complexity index is 453. The number of carbonyl (C=O) groups is 1. The maximum atomic E-state index is 11.7. The van der Waals surface area contributed by atoms with Gasteiger partial charge in [0.2, 0.25) is 5.91 Å². The fraction of sp³-hybridized carbons (Fsp3) is 0.438. The van der Waals surface area contributed by atoms with Crippen molar-refractivity contribution in [2.75, 3.05) is 31.6 Å². The van der Waals surface area contributed by atoms with E-state index in [4.69, 9.17) is 9.47 Å². The summed E-state index contributed by atoms with van der Waals surface area (Å²) in [5.74, 6) is 0.751. The lowest BCUT2D eigenvalue weighted by molar-refractivity contribution is -0.119. The summed E-state index contributed by atoms with van der Waals surface area (Å²) in [6.07, 6.45) is 3.99. The van der Waals surface area contributed by atoms with E-state index in [1.54, 1.807) is 6.08 Å². The van der Waals surface area contributed by atoms with Crippen LogP contribution in [0.5, 0.6) is 5.75 Å². The average molecular weight is 290 g/mol. The van der Waals surface area contributed by atoms with Crippen molar-refractivity contribution in [2.24, 2.45) is 0 Å². The van der Waals surface area contributed by atoms with Gasteiger partial charge in [0.05, 0.1) is 12.6 Å². The van der Waals surface area contributed by atoms with Crippen molar-refractivity contribution >= 4 is 11.6 Å². The molecule has 1 aromatic carbocycles. The van der Waals surface area contributed by atoms with Crippen LogP contribution >= 0.6 is 0 Å². The summed E-state index contributed by atoms with van der Waals surface area (Å²) in [5.41, 5.74) is 0.883. The largest absolute Gasteiger partial charge is 0.490 e. The summed E-state index contributed by atoms with van der Waals surface area (Å²) >= 11 is 0. The van der Waals surface area contributed by atoms with E-state index >= 15 is 0 Å². The van der Waals surface area contributed by atoms with E-state index in [1.807, 2.05) is 24.3 Å². The van der Waals surface area contributed by atoms with Crippen LogP contribution in [0, 0.1) is 0 Å². The van der Waals surface area contributed by atoms with Crippen molar-refractivity contribution in [3.05, 3.63) is 36.9 Å². The molecular weight excluding hydrogens is 268 g/mol. The number of nitrogens with one attached hydrogen (secondary N) is 2. The molecule has 1 fully saturated rings. The van der Waals surface area contributed by atoms with Crippen LogP contribution in [0.2, 0.25) is 0 Å². The molecule has 2 N–H and O–H groups in total. The van der Waals surface area contributed by atoms with Crippen LogP contribution < -0.4 is 15.4 Å². The van der Waals surface area contributed by atoms with Gasteiger partial charge in [-0.2, -0.15) is 0 Å². The second kappa shape index (κ2) is 8.32. The zero-order valence-corrected chi connectivity index (χ0v) is 12.1. The first-order valence-electron chi connectivity index (χ1n) is 7.24. The van der Waals surface area contributed by atoms with Gasteiger partial charge in [-0.05, 0) is 37.1 Å². The molecule has 0 spiro atoms. The van der Waals surface area contributed by atoms with Crippen molar-refractivity contribution in [3.63, 3.8) is 0 Å². The minimum atomic E-state index is -0.0301. The highest BCUT2D eigenvalue weighted by molar-refractivity contribution is 5.80. The summed E-state index contributed by atoms with van der Waals surface area (Å²) in [6, 6.07) is 7.48. The van der Waals surface area contributed by atoms with Gasteiger partial charge in [0.15, 0.2) is 0 Å². The zero-order valence-electron chi connectivity index (χ0n) is 12.1. The van der Waals surface area contributed by atoms with E-state index < -0.39 is 0 Å². The third kappa shape index (κ3) is 5.47. The SMILES string of the molecule is C=CCOc1ccc(NCC(=O)NCC2CCCO2)cc1. The lowest BCUT2D eigenvalue weighted by atomic mass is 10.2. The van der Waals surface area contributed by atoms with Gasteiger partial charge in [0.25, 0.3) is 0 Å². The van der Waals surface area contributed by atoms with Gasteiger partial charge in [0, 0.05) is 18.8 Å². The number of hydrogen-bond donors (Lipinski definition) is 2. The molecule has 2 rings (SSSR count). The van der Waals surface area contributed by atoms with E-state index in [9.17, 15) is 4.79 Å². The van der Waals surface area contributed by atoms with E-state index in [2.05, 4.69) is 17.2 Å². The Morgan fingerprint density at radius 1 is 1.43 bits per heavy atom. The highest BCUT2D eigenvalue weighted by Gasteiger charge is 2.15. The van der Waals surface area contributed by atoms with Gasteiger partial charge in [0.1, 0.15) is 12.4 Å². The summed E-state index contributed by atoms with van der Waals surface area (Å²) in [7, 11) is 0. The van der Waals surface area contributed by atoms with Gasteiger partial charge < -0.3 is 20.1 Å². The second-order valence-electron chi connectivity index (χ2n) is 4.92. The lowest BCUT2D eigenvalue weighted by Crippen LogP contribution is -2.35. The van der Waals surface area contributed by atoms with Crippen LogP contribution in [0.4, 0.5) is 5.69 Å². The summed E-state index contributed by atoms with van der Waals surface area (Å²) in [4.78, 5) is 11.7. The zero-order chi connectivity index (χ0) is 14.9. The first-order chi connectivity index (χ1) is 10.3. The number of anilines is 1. The third-order valence-corrected chi connectivity index (χ3v) is 3.23. The molecule has 1 aliphatic rings. The molecular formula is C16H22N2O3. The van der Waals surface area contributed by atoms with Crippen LogP contribution in [0.25, 0.3) is 0 Å². The summed E-state index contributed by atoms with van der Waals surface area (Å²) in [6.45, 7) is 5.73. The van der Waals surface area contributed by atoms with Gasteiger partial charge >= 0.3 is 0 Å². The Hall–Kier alpha value is -2.01. The maximum absolute atomic E-state index is 11.7. The average Bonchev–Trinajstić information content (AvgIpc) is 3.03. The fourth-order valence-electron chi connectivity index (χ4n) is 2.10. The molecule has 5 heteroatoms. The molecule has 0 aliphatic carbocycles. The maximum Gasteiger partial charge on any atom is 0.239 e. The Balaban J connectivity index is 1.66. The van der Waals surface area contributed by atoms with Crippen molar-refractivity contribution in [1.29, 1.82) is 0 Å². The van der Waals surface area contributed by atoms with E-state index in [0.717, 1.165) is 30.9 Å². The van der Waals surface area contributed by atoms with Gasteiger partial charge in [-0.1, -0.05) is 12.7 Å². The summed E-state index contributed by atoms with van der Waals surface area (Å²) < 4.78 is 10.8. The molecule has 0 saturated carbocycles. The highest BCUT2D eigenvalue weighted by Crippen LogP contribution is 2.15. The smallest absolute Gasteiger partial charge is 0.239 e. The molecule has 1 atom stereocenters. The van der Waals surface area contributed by atoms with Crippen molar-refractivity contribution in [3.8, 4) is 5.75 Å². The molecule has 0 aromatic heterocycles. The predicted octanol–water partition coefficient (Wildman–Crippen LogP) is 1.96. The minimum absolute atomic E-state index is 0.0301. The van der Waals surface area contributed by atoms with Gasteiger partial charge in [-0.3, -0.25) is 4.79 Å². The Labute approximate surface area is 125 Å². The predicted molar refractivity (Wildman–Crippen MR) is 82.6 cm³/mol. The van der Waals surface area contributed by atoms with Crippen LogP contribution in [0.1, 0.15) is 12.8 Å². The Morgan fingerprint density at radius 2 is 2.24 bits per heavy atom. The van der Waals surface area contributed by atoms with Crippen molar-refractivity contribution < 1.29 is 14.3 Å². The molecule has 5 nitrogen and oxygen atoms in total. The number of benzene rings is 1. The van der Waals surface area contributed by atoms with Crippen LogP contribution in [0.15, 0.2) is 36.9 Å². The van der Waals surface area contributed by atoms with E-state index in [-0.39, 0.29) is 18.6 Å². The normalized spacial score (nSPS) is 17.2. The first-order valence-corrected chi connectivity index (χ1v) is 7.24.